The van der Waals surface area contributed by atoms with Crippen molar-refractivity contribution in [1.29, 1.82) is 0 Å². The number of ketones is 1. The Morgan fingerprint density at radius 1 is 0.867 bits per heavy atom. The first kappa shape index (κ1) is 61.2. The van der Waals surface area contributed by atoms with Gasteiger partial charge in [-0.1, -0.05) is 43.3 Å². The minimum absolute atomic E-state index is 0.00957. The summed E-state index contributed by atoms with van der Waals surface area (Å²) in [7, 11) is 0. The molecule has 5 fully saturated rings. The van der Waals surface area contributed by atoms with Crippen molar-refractivity contribution in [3.8, 4) is 58.0 Å². The number of aliphatic carboxylic acids is 1. The smallest absolute Gasteiger partial charge is 0.354 e. The number of aromatic nitrogens is 1. The molecule has 1 saturated carbocycles. The fraction of sp³-hybridized carbons (Fsp3) is 0.500. The monoisotopic (exact) mass is 1250 g/mol. The molecule has 4 aromatic rings. The number of phenolic OH excluding ortho intramolecular Hbond substituents is 3. The lowest BCUT2D eigenvalue weighted by atomic mass is 9.66. The van der Waals surface area contributed by atoms with Crippen molar-refractivity contribution in [3.05, 3.63) is 104 Å². The first-order valence-corrected chi connectivity index (χ1v) is 29.9. The molecule has 8 bridgehead atoms. The summed E-state index contributed by atoms with van der Waals surface area (Å²) in [5, 5.41) is 173. The van der Waals surface area contributed by atoms with E-state index in [0.29, 0.717) is 11.3 Å². The molecule has 26 nitrogen and oxygen atoms in total. The fourth-order valence-corrected chi connectivity index (χ4v) is 15.2. The molecule has 2 aliphatic carbocycles. The summed E-state index contributed by atoms with van der Waals surface area (Å²) in [5.41, 5.74) is -10.1. The number of carboxylic acids is 1. The average molecular weight is 1250 g/mol. The van der Waals surface area contributed by atoms with Gasteiger partial charge in [-0.05, 0) is 92.0 Å². The van der Waals surface area contributed by atoms with Gasteiger partial charge in [-0.2, -0.15) is 0 Å². The summed E-state index contributed by atoms with van der Waals surface area (Å²) < 4.78 is 32.9. The van der Waals surface area contributed by atoms with Gasteiger partial charge in [0, 0.05) is 108 Å². The number of ether oxygens (including phenoxy) is 4. The summed E-state index contributed by atoms with van der Waals surface area (Å²) in [4.78, 5) is 62.6. The zero-order chi connectivity index (χ0) is 63.9. The van der Waals surface area contributed by atoms with E-state index >= 15 is 4.79 Å². The van der Waals surface area contributed by atoms with Gasteiger partial charge < -0.3 is 105 Å². The molecule has 0 amide bonds. The van der Waals surface area contributed by atoms with Crippen LogP contribution >= 0.6 is 0 Å². The number of carboxylic acid groups (broad SMARTS) is 1. The number of esters is 1. The van der Waals surface area contributed by atoms with E-state index in [0.717, 1.165) is 49.5 Å². The van der Waals surface area contributed by atoms with E-state index in [1.807, 2.05) is 13.0 Å². The number of benzene rings is 2. The van der Waals surface area contributed by atoms with E-state index in [4.69, 9.17) is 23.4 Å². The van der Waals surface area contributed by atoms with Crippen molar-refractivity contribution in [1.82, 2.24) is 15.6 Å². The number of Topliss-reactive ketones (excluding diaryl/α,β-unsaturated/α-hetero) is 1. The number of phenols is 3. The predicted molar refractivity (Wildman–Crippen MR) is 307 cm³/mol. The van der Waals surface area contributed by atoms with Crippen LogP contribution in [0.3, 0.4) is 0 Å². The molecule has 476 valence electrons. The maximum Gasteiger partial charge on any atom is 0.354 e. The van der Waals surface area contributed by atoms with Gasteiger partial charge in [-0.25, -0.2) is 9.59 Å². The molecule has 90 heavy (non-hydrogen) atoms. The highest BCUT2D eigenvalue weighted by Crippen LogP contribution is 2.60. The highest BCUT2D eigenvalue weighted by Gasteiger charge is 2.78. The van der Waals surface area contributed by atoms with Gasteiger partial charge in [0.2, 0.25) is 17.2 Å². The van der Waals surface area contributed by atoms with Gasteiger partial charge in [0.05, 0.1) is 12.6 Å². The van der Waals surface area contributed by atoms with E-state index in [9.17, 15) is 85.9 Å². The van der Waals surface area contributed by atoms with E-state index in [1.165, 1.54) is 24.4 Å². The van der Waals surface area contributed by atoms with E-state index < -0.39 is 185 Å². The van der Waals surface area contributed by atoms with E-state index in [2.05, 4.69) is 39.3 Å². The number of aliphatic hydroxyl groups is 10. The Balaban J connectivity index is 1.16. The highest BCUT2D eigenvalue weighted by atomic mass is 16.8. The largest absolute Gasteiger partial charge is 0.507 e. The number of aromatic hydroxyl groups is 3. The Labute approximate surface area is 511 Å². The van der Waals surface area contributed by atoms with E-state index in [1.54, 1.807) is 0 Å². The van der Waals surface area contributed by atoms with Crippen LogP contribution in [0.25, 0.3) is 22.3 Å². The number of allylic oxidation sites excluding steroid dienone is 4. The van der Waals surface area contributed by atoms with Crippen molar-refractivity contribution in [2.75, 3.05) is 13.2 Å². The lowest BCUT2D eigenvalue weighted by molar-refractivity contribution is -0.434. The van der Waals surface area contributed by atoms with Crippen LogP contribution in [-0.4, -0.2) is 184 Å². The SMILES string of the molecule is CCC1=C([C@@H]2C=C3[C@H]4CC[C@@H](O)C(=O)C[C@@H](CO)C[C@]56OC(=O)[C@@]7(CC#C[C@](C(=O)O)(O5)C(O)(O)[C@H](O)[C@H]6O)O[C@]3(Oc3cc5oc(-c6cc(O)c(O)c(CCO)c6)cc(=O)c5c(O)c32)[C@H](O)[C@@H](O)[C@@]7(O)CC#Cc2cc[nH]c24)C=C2C(N1)N[C@@H]1CCC[C@H]2C1. The average Bonchev–Trinajstić information content (AvgIpc) is 1.28. The molecule has 8 aliphatic heterocycles. The molecule has 16 atom stereocenters. The third-order valence-corrected chi connectivity index (χ3v) is 19.9. The number of dihydropyridines is 1. The summed E-state index contributed by atoms with van der Waals surface area (Å²) in [6.45, 7) is 0.348. The summed E-state index contributed by atoms with van der Waals surface area (Å²) >= 11 is 0. The Morgan fingerprint density at radius 3 is 2.40 bits per heavy atom. The molecule has 2 aromatic carbocycles. The van der Waals surface area contributed by atoms with Crippen molar-refractivity contribution in [2.24, 2.45) is 11.8 Å². The third kappa shape index (κ3) is 8.91. The maximum absolute atomic E-state index is 16.3. The van der Waals surface area contributed by atoms with Crippen LogP contribution in [0.2, 0.25) is 0 Å². The first-order valence-electron chi connectivity index (χ1n) is 29.9. The molecule has 2 aromatic heterocycles. The zero-order valence-electron chi connectivity index (χ0n) is 48.3. The van der Waals surface area contributed by atoms with Crippen LogP contribution in [0.15, 0.2) is 80.3 Å². The number of nitrogens with one attached hydrogen (secondary N) is 3. The molecule has 17 N–H and O–H groups in total. The third-order valence-electron chi connectivity index (χ3n) is 19.9. The molecular weight excluding hydrogens is 1180 g/mol. The van der Waals surface area contributed by atoms with Crippen LogP contribution < -0.4 is 20.8 Å². The zero-order valence-corrected chi connectivity index (χ0v) is 48.3. The van der Waals surface area contributed by atoms with Gasteiger partial charge in [0.15, 0.2) is 34.9 Å². The molecule has 10 aliphatic rings. The number of fused-ring (bicyclic) bond motifs is 10. The van der Waals surface area contributed by atoms with Crippen molar-refractivity contribution < 1.29 is 109 Å². The van der Waals surface area contributed by atoms with Crippen LogP contribution in [0, 0.1) is 35.5 Å². The molecular formula is C64H67N3O23. The Kier molecular flexibility index (Phi) is 14.8. The van der Waals surface area contributed by atoms with Gasteiger partial charge in [0.25, 0.3) is 11.4 Å². The topological polar surface area (TPSA) is 441 Å². The minimum atomic E-state index is -4.12. The lowest BCUT2D eigenvalue weighted by Gasteiger charge is -2.59. The molecule has 3 spiro atoms. The predicted octanol–water partition coefficient (Wildman–Crippen LogP) is -0.00350. The summed E-state index contributed by atoms with van der Waals surface area (Å²) in [6.07, 6.45) is -10.6. The van der Waals surface area contributed by atoms with Crippen LogP contribution in [-0.2, 0) is 35.0 Å². The number of piperidine rings is 1. The van der Waals surface area contributed by atoms with Gasteiger partial charge in [0.1, 0.15) is 52.1 Å². The Morgan fingerprint density at radius 2 is 1.66 bits per heavy atom. The Hall–Kier alpha value is -7.64. The standard InChI is InChI=1S/C64H67N3O23/c1-2-39-36(22-35-30-6-3-8-33(20-30)66-56(35)67-39)37-23-38-34-9-10-40(70)41(71)18-28(27-69)26-62-53(77)55(79)64(84,85)60(89-62,57(80)81)14-5-15-61(58(82)88-62)59(83,13-4-7-29-11-16-65-49(29)34)52(76)54(78)63(38,90-61)87-46-25-45-48(51(75)47(37)46)42(72)24-44(86-45)32-19-31(12-17-68)50(74)43(73)21-32/h11,16,19,21-25,28,30,33-34,37,40,52-56,65-70,73-79,83-85H,2-3,6,8-10,12-13,15,17-18,20,26-27H2,1H3,(H,80,81)/t28-,30+,33-,34-,37+,40-,52-,53-,54-,55-,56?,59+,60-,61-,62+,63+/m1/s1. The van der Waals surface area contributed by atoms with Gasteiger partial charge in [-0.15, -0.1) is 0 Å². The number of carbonyl (C=O) groups excluding carboxylic acids is 2. The first-order chi connectivity index (χ1) is 42.8. The number of hydrogen-bond donors (Lipinski definition) is 17. The van der Waals surface area contributed by atoms with Crippen molar-refractivity contribution in [2.45, 2.75) is 173 Å². The van der Waals surface area contributed by atoms with E-state index in [-0.39, 0.29) is 76.7 Å². The quantitative estimate of drug-likeness (QED) is 0.0381. The number of rotatable bonds is 7. The fourth-order valence-electron chi connectivity index (χ4n) is 15.2. The van der Waals surface area contributed by atoms with Crippen LogP contribution in [0.4, 0.5) is 0 Å². The van der Waals surface area contributed by atoms with Gasteiger partial charge >= 0.3 is 11.9 Å². The molecule has 4 saturated heterocycles. The normalized spacial score (nSPS) is 36.6. The summed E-state index contributed by atoms with van der Waals surface area (Å²) in [6, 6.07) is 6.32. The maximum atomic E-state index is 16.3. The molecule has 1 unspecified atom stereocenters. The second-order valence-electron chi connectivity index (χ2n) is 25.0. The number of aliphatic hydroxyl groups excluding tert-OH is 7. The number of carbonyl (C=O) groups is 3. The molecule has 0 radical (unpaired) electrons. The minimum Gasteiger partial charge on any atom is -0.507 e. The van der Waals surface area contributed by atoms with Crippen molar-refractivity contribution >= 4 is 28.7 Å². The highest BCUT2D eigenvalue weighted by molar-refractivity contribution is 5.90. The molecule has 26 heteroatoms. The molecule has 10 heterocycles. The van der Waals surface area contributed by atoms with Gasteiger partial charge in [-0.3, -0.25) is 14.9 Å². The second kappa shape index (κ2) is 21.8. The number of hydrogen-bond acceptors (Lipinski definition) is 24. The second-order valence-corrected chi connectivity index (χ2v) is 25.0. The summed E-state index contributed by atoms with van der Waals surface area (Å²) in [5.74, 6) is -13.1. The van der Waals surface area contributed by atoms with Crippen molar-refractivity contribution in [3.63, 3.8) is 0 Å². The van der Waals surface area contributed by atoms with Crippen LogP contribution in [0.5, 0.6) is 23.0 Å². The number of H-pyrrole nitrogens is 1. The Bertz CT molecular complexity index is 3990. The lowest BCUT2D eigenvalue weighted by Crippen LogP contribution is -2.81. The van der Waals surface area contributed by atoms with Crippen LogP contribution in [0.1, 0.15) is 112 Å². The molecule has 14 rings (SSSR count). The number of aromatic amines is 1.